The molecule has 6 heteroatoms. The molecule has 3 aliphatic rings. The molecule has 6 nitrogen and oxygen atoms in total. The smallest absolute Gasteiger partial charge is 0.274 e. The fourth-order valence-electron chi connectivity index (χ4n) is 4.95. The normalized spacial score (nSPS) is 21.2. The lowest BCUT2D eigenvalue weighted by Gasteiger charge is -2.43. The van der Waals surface area contributed by atoms with Crippen LogP contribution in [0, 0.1) is 0 Å². The van der Waals surface area contributed by atoms with Crippen molar-refractivity contribution in [2.75, 3.05) is 19.7 Å². The maximum Gasteiger partial charge on any atom is 0.274 e. The summed E-state index contributed by atoms with van der Waals surface area (Å²) in [5.74, 6) is 0.612. The van der Waals surface area contributed by atoms with Crippen LogP contribution < -0.4 is 0 Å². The number of amides is 1. The molecule has 2 aliphatic heterocycles. The van der Waals surface area contributed by atoms with E-state index in [9.17, 15) is 4.79 Å². The first kappa shape index (κ1) is 16.4. The highest BCUT2D eigenvalue weighted by Gasteiger charge is 2.43. The fraction of sp³-hybridized carbons (Fsp3) is 0.455. The Labute approximate surface area is 163 Å². The third-order valence-electron chi connectivity index (χ3n) is 6.69. The van der Waals surface area contributed by atoms with Crippen LogP contribution in [0.1, 0.15) is 59.0 Å². The number of H-pyrrole nitrogens is 2. The summed E-state index contributed by atoms with van der Waals surface area (Å²) in [4.78, 5) is 18.5. The van der Waals surface area contributed by atoms with Gasteiger partial charge in [0.15, 0.2) is 0 Å². The predicted octanol–water partition coefficient (Wildman–Crippen LogP) is 3.47. The monoisotopic (exact) mass is 376 g/mol. The van der Waals surface area contributed by atoms with Crippen molar-refractivity contribution in [2.24, 2.45) is 0 Å². The van der Waals surface area contributed by atoms with Gasteiger partial charge in [0.25, 0.3) is 5.91 Å². The first-order valence-electron chi connectivity index (χ1n) is 10.3. The van der Waals surface area contributed by atoms with Crippen LogP contribution in [0.3, 0.4) is 0 Å². The van der Waals surface area contributed by atoms with Crippen LogP contribution >= 0.6 is 0 Å². The number of benzene rings is 1. The van der Waals surface area contributed by atoms with Crippen LogP contribution in [-0.4, -0.2) is 45.7 Å². The molecule has 3 aromatic rings. The molecule has 1 aromatic carbocycles. The highest BCUT2D eigenvalue weighted by Crippen LogP contribution is 2.44. The second-order valence-electron chi connectivity index (χ2n) is 8.39. The van der Waals surface area contributed by atoms with E-state index in [2.05, 4.69) is 39.4 Å². The minimum atomic E-state index is -0.297. The third-order valence-corrected chi connectivity index (χ3v) is 6.69. The molecule has 2 fully saturated rings. The van der Waals surface area contributed by atoms with Gasteiger partial charge >= 0.3 is 0 Å². The molecule has 1 saturated heterocycles. The Bertz CT molecular complexity index is 1050. The Kier molecular flexibility index (Phi) is 3.48. The van der Waals surface area contributed by atoms with Crippen molar-refractivity contribution < 1.29 is 9.53 Å². The minimum Gasteiger partial charge on any atom is -0.368 e. The van der Waals surface area contributed by atoms with Gasteiger partial charge in [-0.15, -0.1) is 0 Å². The number of likely N-dealkylation sites (tertiary alicyclic amines) is 1. The molecule has 0 bridgehead atoms. The molecular formula is C22H24N4O2. The maximum absolute atomic E-state index is 12.9. The van der Waals surface area contributed by atoms with E-state index in [1.54, 1.807) is 0 Å². The van der Waals surface area contributed by atoms with Gasteiger partial charge in [0.05, 0.1) is 12.3 Å². The zero-order valence-corrected chi connectivity index (χ0v) is 15.8. The zero-order valence-electron chi connectivity index (χ0n) is 15.8. The molecule has 0 radical (unpaired) electrons. The van der Waals surface area contributed by atoms with Crippen LogP contribution in [-0.2, 0) is 16.8 Å². The summed E-state index contributed by atoms with van der Waals surface area (Å²) in [5.41, 5.74) is 5.16. The molecule has 4 heterocycles. The number of ether oxygens (including phenoxy) is 1. The van der Waals surface area contributed by atoms with Crippen molar-refractivity contribution in [2.45, 2.75) is 43.6 Å². The van der Waals surface area contributed by atoms with Gasteiger partial charge in [-0.2, -0.15) is 5.10 Å². The van der Waals surface area contributed by atoms with E-state index < -0.39 is 0 Å². The Morgan fingerprint density at radius 2 is 2.04 bits per heavy atom. The van der Waals surface area contributed by atoms with Gasteiger partial charge in [-0.3, -0.25) is 9.89 Å². The molecule has 6 rings (SSSR count). The number of aromatic nitrogens is 3. The Hall–Kier alpha value is -2.60. The molecular weight excluding hydrogens is 352 g/mol. The van der Waals surface area contributed by atoms with E-state index in [1.807, 2.05) is 11.0 Å². The lowest BCUT2D eigenvalue weighted by atomic mass is 9.83. The van der Waals surface area contributed by atoms with Crippen molar-refractivity contribution in [3.8, 4) is 0 Å². The largest absolute Gasteiger partial charge is 0.368 e. The third kappa shape index (κ3) is 2.44. The van der Waals surface area contributed by atoms with Crippen LogP contribution in [0.15, 0.2) is 30.3 Å². The van der Waals surface area contributed by atoms with Crippen LogP contribution in [0.4, 0.5) is 0 Å². The van der Waals surface area contributed by atoms with Gasteiger partial charge in [0.1, 0.15) is 11.3 Å². The van der Waals surface area contributed by atoms with Crippen LogP contribution in [0.25, 0.3) is 10.9 Å². The first-order chi connectivity index (χ1) is 13.7. The van der Waals surface area contributed by atoms with Crippen molar-refractivity contribution in [1.82, 2.24) is 20.1 Å². The topological polar surface area (TPSA) is 74.0 Å². The predicted molar refractivity (Wildman–Crippen MR) is 105 cm³/mol. The zero-order chi connectivity index (χ0) is 18.7. The van der Waals surface area contributed by atoms with Gasteiger partial charge in [-0.05, 0) is 49.8 Å². The van der Waals surface area contributed by atoms with Crippen molar-refractivity contribution in [1.29, 1.82) is 0 Å². The SMILES string of the molecule is O=C(c1cc(C2CC2)[nH]n1)N1CCC2(CC1)OCCc1c2[nH]c2ccccc12. The summed E-state index contributed by atoms with van der Waals surface area (Å²) in [6.07, 6.45) is 4.98. The summed E-state index contributed by atoms with van der Waals surface area (Å²) in [5, 5.41) is 8.62. The summed E-state index contributed by atoms with van der Waals surface area (Å²) in [6.45, 7) is 2.13. The lowest BCUT2D eigenvalue weighted by molar-refractivity contribution is -0.0957. The number of fused-ring (bicyclic) bond motifs is 4. The molecule has 144 valence electrons. The number of nitrogens with one attached hydrogen (secondary N) is 2. The molecule has 2 N–H and O–H groups in total. The number of hydrogen-bond acceptors (Lipinski definition) is 3. The van der Waals surface area contributed by atoms with Crippen molar-refractivity contribution >= 4 is 16.8 Å². The van der Waals surface area contributed by atoms with Gasteiger partial charge in [0, 0.05) is 35.6 Å². The number of rotatable bonds is 2. The number of nitrogens with zero attached hydrogens (tertiary/aromatic N) is 2. The average Bonchev–Trinajstić information content (AvgIpc) is 3.33. The van der Waals surface area contributed by atoms with Crippen molar-refractivity contribution in [3.63, 3.8) is 0 Å². The molecule has 1 spiro atoms. The number of aromatic amines is 2. The molecule has 1 amide bonds. The lowest BCUT2D eigenvalue weighted by Crippen LogP contribution is -2.48. The maximum atomic E-state index is 12.9. The molecule has 1 aliphatic carbocycles. The molecule has 1 saturated carbocycles. The Morgan fingerprint density at radius 3 is 2.86 bits per heavy atom. The van der Waals surface area contributed by atoms with Gasteiger partial charge in [-0.25, -0.2) is 0 Å². The van der Waals surface area contributed by atoms with Gasteiger partial charge < -0.3 is 14.6 Å². The minimum absolute atomic E-state index is 0.0330. The summed E-state index contributed by atoms with van der Waals surface area (Å²) in [7, 11) is 0. The number of carbonyl (C=O) groups excluding carboxylic acids is 1. The number of hydrogen-bond donors (Lipinski definition) is 2. The molecule has 0 atom stereocenters. The quantitative estimate of drug-likeness (QED) is 0.719. The number of para-hydroxylation sites is 1. The Morgan fingerprint density at radius 1 is 1.21 bits per heavy atom. The van der Waals surface area contributed by atoms with Crippen LogP contribution in [0.2, 0.25) is 0 Å². The number of piperidine rings is 1. The van der Waals surface area contributed by atoms with E-state index >= 15 is 0 Å². The van der Waals surface area contributed by atoms with Gasteiger partial charge in [0.2, 0.25) is 0 Å². The number of carbonyl (C=O) groups is 1. The molecule has 2 aromatic heterocycles. The van der Waals surface area contributed by atoms with E-state index in [4.69, 9.17) is 4.74 Å². The second kappa shape index (κ2) is 5.95. The van der Waals surface area contributed by atoms with E-state index in [1.165, 1.54) is 35.0 Å². The summed E-state index contributed by atoms with van der Waals surface area (Å²) < 4.78 is 6.35. The summed E-state index contributed by atoms with van der Waals surface area (Å²) in [6, 6.07) is 10.4. The average molecular weight is 376 g/mol. The standard InChI is InChI=1S/C22H24N4O2/c27-21(19-13-18(24-25-19)14-5-6-14)26-10-8-22(9-11-26)20-16(7-12-28-22)15-3-1-2-4-17(15)23-20/h1-4,13-14,23H,5-12H2,(H,24,25). The Balaban J connectivity index is 1.24. The van der Waals surface area contributed by atoms with Crippen molar-refractivity contribution in [3.05, 3.63) is 53.0 Å². The fourth-order valence-corrected chi connectivity index (χ4v) is 4.95. The second-order valence-corrected chi connectivity index (χ2v) is 8.39. The highest BCUT2D eigenvalue weighted by molar-refractivity contribution is 5.92. The summed E-state index contributed by atoms with van der Waals surface area (Å²) >= 11 is 0. The first-order valence-corrected chi connectivity index (χ1v) is 10.3. The van der Waals surface area contributed by atoms with Gasteiger partial charge in [-0.1, -0.05) is 18.2 Å². The highest BCUT2D eigenvalue weighted by atomic mass is 16.5. The van der Waals surface area contributed by atoms with E-state index in [0.29, 0.717) is 24.7 Å². The molecule has 28 heavy (non-hydrogen) atoms. The van der Waals surface area contributed by atoms with Crippen LogP contribution in [0.5, 0.6) is 0 Å². The molecule has 0 unspecified atom stereocenters. The van der Waals surface area contributed by atoms with E-state index in [-0.39, 0.29) is 11.5 Å². The van der Waals surface area contributed by atoms with E-state index in [0.717, 1.165) is 31.6 Å².